The summed E-state index contributed by atoms with van der Waals surface area (Å²) in [6, 6.07) is 27.0. The zero-order valence-electron chi connectivity index (χ0n) is 15.3. The van der Waals surface area contributed by atoms with E-state index in [1.165, 1.54) is 11.1 Å². The van der Waals surface area contributed by atoms with Gasteiger partial charge < -0.3 is 9.47 Å². The molecule has 0 fully saturated rings. The summed E-state index contributed by atoms with van der Waals surface area (Å²) in [6.07, 6.45) is 0. The molecule has 0 bridgehead atoms. The topological polar surface area (TPSA) is 30.8 Å². The second kappa shape index (κ2) is 7.89. The standard InChI is InChI=1S/C23H21NO2S/c1-25-19-12-8-16(9-13-19)21-22(17-6-4-3-5-7-17)27-23(24-21)18-10-14-20(26-2)15-11-18/h3-15,21-22H,1-2H3. The van der Waals surface area contributed by atoms with E-state index in [2.05, 4.69) is 54.6 Å². The molecule has 4 heteroatoms. The third-order valence-corrected chi connectivity index (χ3v) is 6.05. The minimum absolute atomic E-state index is 0.0698. The van der Waals surface area contributed by atoms with Gasteiger partial charge in [0, 0.05) is 5.56 Å². The van der Waals surface area contributed by atoms with Crippen molar-refractivity contribution in [1.29, 1.82) is 0 Å². The third-order valence-electron chi connectivity index (χ3n) is 4.70. The first-order chi connectivity index (χ1) is 13.3. The van der Waals surface area contributed by atoms with Gasteiger partial charge in [-0.05, 0) is 47.5 Å². The highest BCUT2D eigenvalue weighted by Gasteiger charge is 2.33. The Morgan fingerprint density at radius 3 is 1.89 bits per heavy atom. The second-order valence-corrected chi connectivity index (χ2v) is 7.46. The molecule has 1 aliphatic rings. The molecule has 3 aromatic carbocycles. The maximum Gasteiger partial charge on any atom is 0.118 e. The lowest BCUT2D eigenvalue weighted by Crippen LogP contribution is -2.02. The second-order valence-electron chi connectivity index (χ2n) is 6.33. The van der Waals surface area contributed by atoms with E-state index in [-0.39, 0.29) is 11.3 Å². The van der Waals surface area contributed by atoms with E-state index in [0.717, 1.165) is 22.1 Å². The molecule has 1 aliphatic heterocycles. The number of hydrogen-bond donors (Lipinski definition) is 0. The minimum atomic E-state index is 0.0698. The Morgan fingerprint density at radius 1 is 0.704 bits per heavy atom. The van der Waals surface area contributed by atoms with Crippen LogP contribution in [0.2, 0.25) is 0 Å². The first kappa shape index (κ1) is 17.7. The molecule has 0 N–H and O–H groups in total. The zero-order valence-corrected chi connectivity index (χ0v) is 16.1. The van der Waals surface area contributed by atoms with Gasteiger partial charge in [-0.3, -0.25) is 4.99 Å². The van der Waals surface area contributed by atoms with Crippen molar-refractivity contribution < 1.29 is 9.47 Å². The molecule has 4 rings (SSSR count). The highest BCUT2D eigenvalue weighted by atomic mass is 32.2. The van der Waals surface area contributed by atoms with Crippen molar-refractivity contribution in [2.75, 3.05) is 14.2 Å². The molecule has 0 saturated heterocycles. The average Bonchev–Trinajstić information content (AvgIpc) is 3.20. The molecule has 0 saturated carbocycles. The number of thioether (sulfide) groups is 1. The van der Waals surface area contributed by atoms with Crippen LogP contribution < -0.4 is 9.47 Å². The van der Waals surface area contributed by atoms with Crippen molar-refractivity contribution in [2.24, 2.45) is 4.99 Å². The van der Waals surface area contributed by atoms with E-state index in [9.17, 15) is 0 Å². The Kier molecular flexibility index (Phi) is 5.16. The first-order valence-electron chi connectivity index (χ1n) is 8.86. The SMILES string of the molecule is COc1ccc(C2=NC(c3ccc(OC)cc3)C(c3ccccc3)S2)cc1. The van der Waals surface area contributed by atoms with Gasteiger partial charge in [0.15, 0.2) is 0 Å². The van der Waals surface area contributed by atoms with Gasteiger partial charge in [0.1, 0.15) is 11.5 Å². The quantitative estimate of drug-likeness (QED) is 0.575. The molecular weight excluding hydrogens is 354 g/mol. The molecule has 0 aromatic heterocycles. The summed E-state index contributed by atoms with van der Waals surface area (Å²) in [5.41, 5.74) is 3.61. The molecule has 0 amide bonds. The van der Waals surface area contributed by atoms with Crippen LogP contribution in [0.5, 0.6) is 11.5 Å². The monoisotopic (exact) mass is 375 g/mol. The maximum atomic E-state index is 5.30. The minimum Gasteiger partial charge on any atom is -0.497 e. The van der Waals surface area contributed by atoms with Gasteiger partial charge in [-0.15, -0.1) is 0 Å². The Labute approximate surface area is 164 Å². The van der Waals surface area contributed by atoms with Crippen LogP contribution in [0.3, 0.4) is 0 Å². The number of nitrogens with zero attached hydrogens (tertiary/aromatic N) is 1. The lowest BCUT2D eigenvalue weighted by molar-refractivity contribution is 0.414. The van der Waals surface area contributed by atoms with Crippen LogP contribution in [0.4, 0.5) is 0 Å². The number of benzene rings is 3. The van der Waals surface area contributed by atoms with Crippen LogP contribution in [0.15, 0.2) is 83.9 Å². The fourth-order valence-corrected chi connectivity index (χ4v) is 4.56. The molecule has 0 spiro atoms. The largest absolute Gasteiger partial charge is 0.497 e. The third kappa shape index (κ3) is 3.71. The molecule has 2 unspecified atom stereocenters. The van der Waals surface area contributed by atoms with Crippen molar-refractivity contribution in [3.63, 3.8) is 0 Å². The average molecular weight is 375 g/mol. The first-order valence-corrected chi connectivity index (χ1v) is 9.74. The molecular formula is C23H21NO2S. The number of methoxy groups -OCH3 is 2. The molecule has 2 atom stereocenters. The van der Waals surface area contributed by atoms with Crippen molar-refractivity contribution >= 4 is 16.8 Å². The van der Waals surface area contributed by atoms with Gasteiger partial charge in [0.05, 0.1) is 30.6 Å². The van der Waals surface area contributed by atoms with Crippen LogP contribution in [0.1, 0.15) is 28.0 Å². The summed E-state index contributed by atoms with van der Waals surface area (Å²) in [5, 5.41) is 1.31. The van der Waals surface area contributed by atoms with E-state index in [1.807, 2.05) is 36.0 Å². The Balaban J connectivity index is 1.70. The molecule has 3 nitrogen and oxygen atoms in total. The van der Waals surface area contributed by atoms with Gasteiger partial charge in [0.2, 0.25) is 0 Å². The lowest BCUT2D eigenvalue weighted by atomic mass is 9.98. The Morgan fingerprint density at radius 2 is 1.30 bits per heavy atom. The van der Waals surface area contributed by atoms with Gasteiger partial charge in [-0.2, -0.15) is 0 Å². The highest BCUT2D eigenvalue weighted by molar-refractivity contribution is 8.14. The van der Waals surface area contributed by atoms with Crippen LogP contribution in [-0.2, 0) is 0 Å². The van der Waals surface area contributed by atoms with Gasteiger partial charge in [-0.1, -0.05) is 54.2 Å². The molecule has 0 aliphatic carbocycles. The normalized spacial score (nSPS) is 18.8. The smallest absolute Gasteiger partial charge is 0.118 e. The van der Waals surface area contributed by atoms with Crippen molar-refractivity contribution in [3.05, 3.63) is 95.6 Å². The van der Waals surface area contributed by atoms with Crippen LogP contribution in [0, 0.1) is 0 Å². The summed E-state index contributed by atoms with van der Waals surface area (Å²) in [6.45, 7) is 0. The van der Waals surface area contributed by atoms with E-state index in [0.29, 0.717) is 0 Å². The molecule has 3 aromatic rings. The molecule has 1 heterocycles. The number of aliphatic imine (C=N–C) groups is 1. The summed E-state index contributed by atoms with van der Waals surface area (Å²) in [5.74, 6) is 1.72. The molecule has 136 valence electrons. The number of ether oxygens (including phenoxy) is 2. The van der Waals surface area contributed by atoms with Gasteiger partial charge in [-0.25, -0.2) is 0 Å². The molecule has 27 heavy (non-hydrogen) atoms. The van der Waals surface area contributed by atoms with Crippen molar-refractivity contribution in [3.8, 4) is 11.5 Å². The van der Waals surface area contributed by atoms with E-state index < -0.39 is 0 Å². The van der Waals surface area contributed by atoms with Crippen LogP contribution >= 0.6 is 11.8 Å². The molecule has 0 radical (unpaired) electrons. The van der Waals surface area contributed by atoms with Crippen molar-refractivity contribution in [2.45, 2.75) is 11.3 Å². The highest BCUT2D eigenvalue weighted by Crippen LogP contribution is 2.49. The number of rotatable bonds is 5. The summed E-state index contributed by atoms with van der Waals surface area (Å²) >= 11 is 1.82. The predicted molar refractivity (Wildman–Crippen MR) is 112 cm³/mol. The predicted octanol–water partition coefficient (Wildman–Crippen LogP) is 5.68. The van der Waals surface area contributed by atoms with Crippen LogP contribution in [0.25, 0.3) is 0 Å². The van der Waals surface area contributed by atoms with E-state index in [4.69, 9.17) is 14.5 Å². The zero-order chi connectivity index (χ0) is 18.6. The summed E-state index contributed by atoms with van der Waals surface area (Å²) < 4.78 is 10.6. The fraction of sp³-hybridized carbons (Fsp3) is 0.174. The number of hydrogen-bond acceptors (Lipinski definition) is 4. The maximum absolute atomic E-state index is 5.30. The van der Waals surface area contributed by atoms with Gasteiger partial charge >= 0.3 is 0 Å². The fourth-order valence-electron chi connectivity index (χ4n) is 3.23. The van der Waals surface area contributed by atoms with Gasteiger partial charge in [0.25, 0.3) is 0 Å². The van der Waals surface area contributed by atoms with E-state index in [1.54, 1.807) is 14.2 Å². The van der Waals surface area contributed by atoms with Crippen molar-refractivity contribution in [1.82, 2.24) is 0 Å². The van der Waals surface area contributed by atoms with E-state index >= 15 is 0 Å². The summed E-state index contributed by atoms with van der Waals surface area (Å²) in [7, 11) is 3.37. The van der Waals surface area contributed by atoms with Crippen LogP contribution in [-0.4, -0.2) is 19.3 Å². The Bertz CT molecular complexity index is 921. The summed E-state index contributed by atoms with van der Waals surface area (Å²) in [4.78, 5) is 5.10. The Hall–Kier alpha value is -2.72. The lowest BCUT2D eigenvalue weighted by Gasteiger charge is -2.18.